The summed E-state index contributed by atoms with van der Waals surface area (Å²) in [5.74, 6) is -1.83. The van der Waals surface area contributed by atoms with Gasteiger partial charge in [-0.15, -0.1) is 0 Å². The van der Waals surface area contributed by atoms with Crippen molar-refractivity contribution in [2.75, 3.05) is 6.61 Å². The van der Waals surface area contributed by atoms with Gasteiger partial charge in [-0.2, -0.15) is 0 Å². The Hall–Kier alpha value is -1.70. The molecule has 0 aromatic carbocycles. The predicted octanol–water partition coefficient (Wildman–Crippen LogP) is -0.247. The number of ether oxygens (including phenoxy) is 1. The average molecular weight is 312 g/mol. The van der Waals surface area contributed by atoms with Gasteiger partial charge in [0.05, 0.1) is 12.7 Å². The Kier molecular flexibility index (Phi) is 3.93. The van der Waals surface area contributed by atoms with E-state index in [-0.39, 0.29) is 18.4 Å². The lowest BCUT2D eigenvalue weighted by atomic mass is 9.59. The van der Waals surface area contributed by atoms with Crippen molar-refractivity contribution in [1.29, 1.82) is 0 Å². The molecular formula is C15H20O7. The molecule has 122 valence electrons. The Morgan fingerprint density at radius 2 is 2.05 bits per heavy atom. The van der Waals surface area contributed by atoms with E-state index in [4.69, 9.17) is 14.9 Å². The first-order chi connectivity index (χ1) is 10.1. The molecule has 1 heterocycles. The van der Waals surface area contributed by atoms with E-state index in [0.29, 0.717) is 0 Å². The number of hydrogen-bond acceptors (Lipinski definition) is 6. The van der Waals surface area contributed by atoms with Crippen LogP contribution < -0.4 is 0 Å². The number of carboxylic acids is 1. The lowest BCUT2D eigenvalue weighted by Crippen LogP contribution is -2.61. The number of rotatable bonds is 4. The summed E-state index contributed by atoms with van der Waals surface area (Å²) >= 11 is 0. The van der Waals surface area contributed by atoms with Gasteiger partial charge in [-0.1, -0.05) is 6.08 Å². The standard InChI is InChI=1S/C15H20O7/c1-13-6-10(17)7-14(2,22-12(13)20)15(13,21)4-3-9(8-16)5-11(18)19/h3-5,10,16-17,21H,6-8H2,1-2H3,(H,18,19)/b4-3+,9-5+/t10-,13+,14-,15-/m0/s1. The fourth-order valence-corrected chi connectivity index (χ4v) is 3.46. The third-order valence-corrected chi connectivity index (χ3v) is 4.72. The minimum atomic E-state index is -1.71. The zero-order chi connectivity index (χ0) is 16.8. The topological polar surface area (TPSA) is 124 Å². The largest absolute Gasteiger partial charge is 0.478 e. The summed E-state index contributed by atoms with van der Waals surface area (Å²) in [5, 5.41) is 38.8. The van der Waals surface area contributed by atoms with Gasteiger partial charge in [0.1, 0.15) is 16.6 Å². The van der Waals surface area contributed by atoms with Gasteiger partial charge in [-0.05, 0) is 31.9 Å². The van der Waals surface area contributed by atoms with Crippen LogP contribution in [-0.2, 0) is 14.3 Å². The normalized spacial score (nSPS) is 41.8. The molecule has 2 fully saturated rings. The molecule has 7 nitrogen and oxygen atoms in total. The highest BCUT2D eigenvalue weighted by molar-refractivity contribution is 5.84. The highest BCUT2D eigenvalue weighted by Crippen LogP contribution is 2.58. The van der Waals surface area contributed by atoms with Gasteiger partial charge >= 0.3 is 11.9 Å². The minimum absolute atomic E-state index is 0.0410. The van der Waals surface area contributed by atoms with Gasteiger partial charge in [0.25, 0.3) is 0 Å². The summed E-state index contributed by atoms with van der Waals surface area (Å²) in [6, 6.07) is 0. The number of carbonyl (C=O) groups excluding carboxylic acids is 1. The van der Waals surface area contributed by atoms with E-state index in [1.54, 1.807) is 0 Å². The molecule has 2 rings (SSSR count). The highest BCUT2D eigenvalue weighted by Gasteiger charge is 2.72. The molecule has 0 aromatic rings. The van der Waals surface area contributed by atoms with Crippen molar-refractivity contribution < 1.29 is 34.8 Å². The summed E-state index contributed by atoms with van der Waals surface area (Å²) in [6.07, 6.45) is 2.71. The van der Waals surface area contributed by atoms with Crippen molar-refractivity contribution in [3.05, 3.63) is 23.8 Å². The zero-order valence-electron chi connectivity index (χ0n) is 12.4. The van der Waals surface area contributed by atoms with E-state index in [2.05, 4.69) is 0 Å². The van der Waals surface area contributed by atoms with Gasteiger partial charge in [0.15, 0.2) is 0 Å². The van der Waals surface area contributed by atoms with Crippen molar-refractivity contribution in [3.8, 4) is 0 Å². The van der Waals surface area contributed by atoms with Gasteiger partial charge < -0.3 is 25.2 Å². The number of fused-ring (bicyclic) bond motifs is 2. The average Bonchev–Trinajstić information content (AvgIpc) is 2.47. The van der Waals surface area contributed by atoms with Crippen molar-refractivity contribution in [1.82, 2.24) is 0 Å². The second-order valence-electron chi connectivity index (χ2n) is 6.33. The maximum absolute atomic E-state index is 12.2. The molecule has 2 bridgehead atoms. The first kappa shape index (κ1) is 16.7. The fraction of sp³-hybridized carbons (Fsp3) is 0.600. The predicted molar refractivity (Wildman–Crippen MR) is 74.7 cm³/mol. The van der Waals surface area contributed by atoms with Crippen LogP contribution in [0.1, 0.15) is 26.7 Å². The van der Waals surface area contributed by atoms with E-state index >= 15 is 0 Å². The van der Waals surface area contributed by atoms with Crippen LogP contribution in [0.2, 0.25) is 0 Å². The second kappa shape index (κ2) is 5.19. The van der Waals surface area contributed by atoms with Crippen LogP contribution in [0.3, 0.4) is 0 Å². The number of carbonyl (C=O) groups is 2. The summed E-state index contributed by atoms with van der Waals surface area (Å²) in [7, 11) is 0. The van der Waals surface area contributed by atoms with E-state index in [1.807, 2.05) is 0 Å². The number of hydrogen-bond donors (Lipinski definition) is 4. The van der Waals surface area contributed by atoms with Crippen LogP contribution in [0.5, 0.6) is 0 Å². The highest BCUT2D eigenvalue weighted by atomic mass is 16.6. The molecule has 0 spiro atoms. The number of aliphatic carboxylic acids is 1. The Labute approximate surface area is 127 Å². The van der Waals surface area contributed by atoms with E-state index in [0.717, 1.165) is 6.08 Å². The first-order valence-corrected chi connectivity index (χ1v) is 6.95. The molecule has 1 saturated heterocycles. The van der Waals surface area contributed by atoms with Crippen molar-refractivity contribution in [2.45, 2.75) is 44.0 Å². The molecule has 4 N–H and O–H groups in total. The lowest BCUT2D eigenvalue weighted by Gasteiger charge is -2.47. The third-order valence-electron chi connectivity index (χ3n) is 4.72. The van der Waals surface area contributed by atoms with E-state index < -0.39 is 41.3 Å². The molecule has 22 heavy (non-hydrogen) atoms. The molecule has 0 unspecified atom stereocenters. The number of aliphatic hydroxyl groups excluding tert-OH is 2. The van der Waals surface area contributed by atoms with Gasteiger partial charge in [0, 0.05) is 12.5 Å². The molecule has 0 radical (unpaired) electrons. The number of aliphatic hydroxyl groups is 3. The van der Waals surface area contributed by atoms with E-state index in [1.165, 1.54) is 26.0 Å². The minimum Gasteiger partial charge on any atom is -0.478 e. The summed E-state index contributed by atoms with van der Waals surface area (Å²) in [5.41, 5.74) is -4.27. The quantitative estimate of drug-likeness (QED) is 0.320. The SMILES string of the molecule is C[C@@]12C[C@@H](O)C[C@](C)(C(=O)O1)[C@@]2(O)/C=C/C(=C\C(=O)O)CO. The Balaban J connectivity index is 2.44. The third kappa shape index (κ3) is 2.25. The van der Waals surface area contributed by atoms with Crippen LogP contribution in [-0.4, -0.2) is 56.3 Å². The molecule has 7 heteroatoms. The van der Waals surface area contributed by atoms with Crippen LogP contribution in [0.15, 0.2) is 23.8 Å². The van der Waals surface area contributed by atoms with Crippen LogP contribution in [0, 0.1) is 5.41 Å². The number of carboxylic acid groups (broad SMARTS) is 1. The molecule has 1 aliphatic heterocycles. The maximum atomic E-state index is 12.2. The number of esters is 1. The molecule has 2 aliphatic rings. The second-order valence-corrected chi connectivity index (χ2v) is 6.33. The molecule has 0 aromatic heterocycles. The fourth-order valence-electron chi connectivity index (χ4n) is 3.46. The Morgan fingerprint density at radius 3 is 2.55 bits per heavy atom. The monoisotopic (exact) mass is 312 g/mol. The summed E-state index contributed by atoms with van der Waals surface area (Å²) in [4.78, 5) is 22.8. The first-order valence-electron chi connectivity index (χ1n) is 6.95. The smallest absolute Gasteiger partial charge is 0.328 e. The van der Waals surface area contributed by atoms with Gasteiger partial charge in [-0.3, -0.25) is 4.79 Å². The molecule has 1 saturated carbocycles. The molecule has 1 aliphatic carbocycles. The van der Waals surface area contributed by atoms with Crippen molar-refractivity contribution >= 4 is 11.9 Å². The zero-order valence-corrected chi connectivity index (χ0v) is 12.4. The Morgan fingerprint density at radius 1 is 1.41 bits per heavy atom. The van der Waals surface area contributed by atoms with Crippen LogP contribution in [0.25, 0.3) is 0 Å². The molecular weight excluding hydrogens is 292 g/mol. The van der Waals surface area contributed by atoms with E-state index in [9.17, 15) is 19.8 Å². The van der Waals surface area contributed by atoms with Crippen LogP contribution in [0.4, 0.5) is 0 Å². The summed E-state index contributed by atoms with van der Waals surface area (Å²) in [6.45, 7) is 2.51. The lowest BCUT2D eigenvalue weighted by molar-refractivity contribution is -0.156. The summed E-state index contributed by atoms with van der Waals surface area (Å²) < 4.78 is 5.31. The molecule has 0 amide bonds. The molecule has 4 atom stereocenters. The van der Waals surface area contributed by atoms with Crippen LogP contribution >= 0.6 is 0 Å². The Bertz CT molecular complexity index is 566. The maximum Gasteiger partial charge on any atom is 0.328 e. The van der Waals surface area contributed by atoms with Crippen molar-refractivity contribution in [2.24, 2.45) is 5.41 Å². The van der Waals surface area contributed by atoms with Gasteiger partial charge in [0.2, 0.25) is 0 Å². The van der Waals surface area contributed by atoms with Gasteiger partial charge in [-0.25, -0.2) is 4.79 Å². The van der Waals surface area contributed by atoms with Crippen molar-refractivity contribution in [3.63, 3.8) is 0 Å².